The Labute approximate surface area is 165 Å². The number of anilines is 1. The molecule has 0 aliphatic carbocycles. The van der Waals surface area contributed by atoms with Gasteiger partial charge < -0.3 is 14.7 Å². The molecule has 1 N–H and O–H groups in total. The number of aliphatic imine (C=N–C) groups is 1. The molecule has 138 valence electrons. The number of ether oxygens (including phenoxy) is 1. The maximum absolute atomic E-state index is 12.8. The summed E-state index contributed by atoms with van der Waals surface area (Å²) in [5.41, 5.74) is 1.70. The van der Waals surface area contributed by atoms with Crippen LogP contribution in [-0.4, -0.2) is 42.3 Å². The number of hydrogen-bond donors (Lipinski definition) is 1. The molecule has 4 rings (SSSR count). The Hall–Kier alpha value is -2.58. The molecule has 0 aromatic heterocycles. The van der Waals surface area contributed by atoms with Crippen LogP contribution in [0, 0.1) is 0 Å². The van der Waals surface area contributed by atoms with Gasteiger partial charge in [0.2, 0.25) is 0 Å². The third-order valence-electron chi connectivity index (χ3n) is 4.29. The number of carbonyl (C=O) groups excluding carboxylic acids is 1. The van der Waals surface area contributed by atoms with Crippen LogP contribution >= 0.6 is 23.5 Å². The molecule has 0 saturated carbocycles. The van der Waals surface area contributed by atoms with E-state index < -0.39 is 0 Å². The van der Waals surface area contributed by atoms with Crippen molar-refractivity contribution in [2.45, 2.75) is 4.90 Å². The number of fused-ring (bicyclic) bond motifs is 1. The molecule has 0 bridgehead atoms. The Bertz CT molecular complexity index is 986. The van der Waals surface area contributed by atoms with Gasteiger partial charge in [0, 0.05) is 25.1 Å². The minimum Gasteiger partial charge on any atom is -0.508 e. The highest BCUT2D eigenvalue weighted by molar-refractivity contribution is 8.19. The number of benzene rings is 2. The van der Waals surface area contributed by atoms with Gasteiger partial charge in [-0.15, -0.1) is 0 Å². The van der Waals surface area contributed by atoms with Crippen molar-refractivity contribution in [3.05, 3.63) is 52.4 Å². The number of amides is 1. The number of likely N-dealkylation sites (N-methyl/N-ethyl adjacent to an activating group) is 1. The van der Waals surface area contributed by atoms with E-state index in [-0.39, 0.29) is 11.7 Å². The van der Waals surface area contributed by atoms with Crippen LogP contribution in [0.4, 0.5) is 11.4 Å². The van der Waals surface area contributed by atoms with Crippen molar-refractivity contribution in [3.8, 4) is 11.5 Å². The number of carbonyl (C=O) groups is 1. The molecule has 1 saturated heterocycles. The first-order valence-electron chi connectivity index (χ1n) is 8.15. The van der Waals surface area contributed by atoms with E-state index in [1.165, 1.54) is 11.8 Å². The lowest BCUT2D eigenvalue weighted by Crippen LogP contribution is -2.24. The Balaban J connectivity index is 1.68. The maximum atomic E-state index is 12.8. The SMILES string of the molecule is COc1ccc2c(c1)N(C)/C(=C1/SC(=Nc3ccc(O)cc3)N(C)C1=O)S2. The van der Waals surface area contributed by atoms with Crippen molar-refractivity contribution in [1.29, 1.82) is 0 Å². The van der Waals surface area contributed by atoms with Crippen LogP contribution in [0.15, 0.2) is 62.3 Å². The highest BCUT2D eigenvalue weighted by Crippen LogP contribution is 2.50. The number of aromatic hydroxyl groups is 1. The molecular formula is C19H17N3O3S2. The van der Waals surface area contributed by atoms with Gasteiger partial charge in [-0.3, -0.25) is 9.69 Å². The fourth-order valence-corrected chi connectivity index (χ4v) is 5.08. The first-order valence-corrected chi connectivity index (χ1v) is 9.79. The monoisotopic (exact) mass is 399 g/mol. The maximum Gasteiger partial charge on any atom is 0.269 e. The summed E-state index contributed by atoms with van der Waals surface area (Å²) in [4.78, 5) is 22.7. The molecule has 2 aromatic rings. The summed E-state index contributed by atoms with van der Waals surface area (Å²) in [7, 11) is 5.31. The van der Waals surface area contributed by atoms with Gasteiger partial charge in [-0.2, -0.15) is 0 Å². The topological polar surface area (TPSA) is 65.4 Å². The van der Waals surface area contributed by atoms with Crippen LogP contribution in [0.3, 0.4) is 0 Å². The Morgan fingerprint density at radius 3 is 2.48 bits per heavy atom. The lowest BCUT2D eigenvalue weighted by atomic mass is 10.3. The van der Waals surface area contributed by atoms with Gasteiger partial charge in [0.25, 0.3) is 5.91 Å². The van der Waals surface area contributed by atoms with Gasteiger partial charge in [-0.25, -0.2) is 4.99 Å². The van der Waals surface area contributed by atoms with E-state index in [1.54, 1.807) is 55.1 Å². The quantitative estimate of drug-likeness (QED) is 0.770. The molecule has 8 heteroatoms. The zero-order chi connectivity index (χ0) is 19.1. The lowest BCUT2D eigenvalue weighted by molar-refractivity contribution is -0.121. The van der Waals surface area contributed by atoms with Crippen molar-refractivity contribution in [2.24, 2.45) is 4.99 Å². The van der Waals surface area contributed by atoms with Crippen molar-refractivity contribution in [2.75, 3.05) is 26.1 Å². The van der Waals surface area contributed by atoms with E-state index >= 15 is 0 Å². The number of phenolic OH excluding ortho intramolecular Hbond substituents is 1. The summed E-state index contributed by atoms with van der Waals surface area (Å²) < 4.78 is 5.31. The Kier molecular flexibility index (Phi) is 4.53. The standard InChI is InChI=1S/C19H17N3O3S2/c1-21-14-10-13(25-3)8-9-15(14)26-18(21)16-17(24)22(2)19(27-16)20-11-4-6-12(23)7-5-11/h4-10,23H,1-3H3/b18-16-,20-19?. The van der Waals surface area contributed by atoms with Crippen molar-refractivity contribution >= 4 is 46.0 Å². The Morgan fingerprint density at radius 2 is 1.78 bits per heavy atom. The van der Waals surface area contributed by atoms with Gasteiger partial charge in [0.15, 0.2) is 5.17 Å². The van der Waals surface area contributed by atoms with E-state index in [0.717, 1.165) is 21.4 Å². The van der Waals surface area contributed by atoms with Gasteiger partial charge in [0.1, 0.15) is 16.4 Å². The largest absolute Gasteiger partial charge is 0.508 e. The van der Waals surface area contributed by atoms with Gasteiger partial charge in [-0.1, -0.05) is 11.8 Å². The zero-order valence-electron chi connectivity index (χ0n) is 15.0. The fraction of sp³-hybridized carbons (Fsp3) is 0.158. The number of nitrogens with zero attached hydrogens (tertiary/aromatic N) is 3. The molecule has 1 amide bonds. The molecule has 0 atom stereocenters. The zero-order valence-corrected chi connectivity index (χ0v) is 16.6. The molecule has 6 nitrogen and oxygen atoms in total. The van der Waals surface area contributed by atoms with Gasteiger partial charge in [0.05, 0.1) is 23.5 Å². The number of phenols is 1. The normalized spacial score (nSPS) is 20.6. The van der Waals surface area contributed by atoms with Gasteiger partial charge in [-0.05, 0) is 48.2 Å². The molecule has 0 radical (unpaired) electrons. The van der Waals surface area contributed by atoms with Crippen molar-refractivity contribution in [3.63, 3.8) is 0 Å². The predicted molar refractivity (Wildman–Crippen MR) is 110 cm³/mol. The molecule has 2 aliphatic heterocycles. The number of hydrogen-bond acceptors (Lipinski definition) is 7. The van der Waals surface area contributed by atoms with E-state index in [9.17, 15) is 9.90 Å². The van der Waals surface area contributed by atoms with Crippen LogP contribution in [0.2, 0.25) is 0 Å². The van der Waals surface area contributed by atoms with E-state index in [2.05, 4.69) is 4.99 Å². The average Bonchev–Trinajstić information content (AvgIpc) is 3.14. The summed E-state index contributed by atoms with van der Waals surface area (Å²) in [6.45, 7) is 0. The van der Waals surface area contributed by atoms with Crippen LogP contribution in [-0.2, 0) is 4.79 Å². The number of methoxy groups -OCH3 is 1. The van der Waals surface area contributed by atoms with Crippen LogP contribution in [0.25, 0.3) is 0 Å². The van der Waals surface area contributed by atoms with Gasteiger partial charge >= 0.3 is 0 Å². The molecule has 0 spiro atoms. The molecule has 2 aromatic carbocycles. The van der Waals surface area contributed by atoms with E-state index in [0.29, 0.717) is 15.8 Å². The molecule has 2 aliphatic rings. The first kappa shape index (κ1) is 17.8. The number of thioether (sulfide) groups is 2. The summed E-state index contributed by atoms with van der Waals surface area (Å²) in [6, 6.07) is 12.5. The second kappa shape index (κ2) is 6.86. The second-order valence-corrected chi connectivity index (χ2v) is 8.01. The molecular weight excluding hydrogens is 382 g/mol. The average molecular weight is 399 g/mol. The fourth-order valence-electron chi connectivity index (χ4n) is 2.77. The molecule has 2 heterocycles. The first-order chi connectivity index (χ1) is 13.0. The minimum absolute atomic E-state index is 0.0772. The third-order valence-corrected chi connectivity index (χ3v) is 6.77. The summed E-state index contributed by atoms with van der Waals surface area (Å²) in [5, 5.41) is 10.9. The predicted octanol–water partition coefficient (Wildman–Crippen LogP) is 4.00. The summed E-state index contributed by atoms with van der Waals surface area (Å²) in [5.74, 6) is 0.888. The van der Waals surface area contributed by atoms with Crippen molar-refractivity contribution < 1.29 is 14.6 Å². The molecule has 27 heavy (non-hydrogen) atoms. The second-order valence-electron chi connectivity index (χ2n) is 6.01. The molecule has 1 fully saturated rings. The summed E-state index contributed by atoms with van der Waals surface area (Å²) in [6.07, 6.45) is 0. The lowest BCUT2D eigenvalue weighted by Gasteiger charge is -2.15. The smallest absolute Gasteiger partial charge is 0.269 e. The third kappa shape index (κ3) is 3.15. The van der Waals surface area contributed by atoms with Crippen LogP contribution in [0.5, 0.6) is 11.5 Å². The number of rotatable bonds is 2. The van der Waals surface area contributed by atoms with Crippen molar-refractivity contribution in [1.82, 2.24) is 4.90 Å². The number of amidine groups is 1. The summed E-state index contributed by atoms with van der Waals surface area (Å²) >= 11 is 2.93. The van der Waals surface area contributed by atoms with Crippen LogP contribution in [0.1, 0.15) is 0 Å². The van der Waals surface area contributed by atoms with E-state index in [4.69, 9.17) is 4.74 Å². The molecule has 0 unspecified atom stereocenters. The Morgan fingerprint density at radius 1 is 1.04 bits per heavy atom. The minimum atomic E-state index is -0.0772. The van der Waals surface area contributed by atoms with Crippen LogP contribution < -0.4 is 9.64 Å². The van der Waals surface area contributed by atoms with E-state index in [1.807, 2.05) is 30.1 Å². The highest BCUT2D eigenvalue weighted by Gasteiger charge is 2.37. The highest BCUT2D eigenvalue weighted by atomic mass is 32.2.